The smallest absolute Gasteiger partial charge is 0.132 e. The quantitative estimate of drug-likeness (QED) is 0.891. The molecule has 0 aliphatic rings. The molecule has 2 nitrogen and oxygen atoms in total. The largest absolute Gasteiger partial charge is 0.496 e. The van der Waals surface area contributed by atoms with E-state index in [9.17, 15) is 8.78 Å². The lowest BCUT2D eigenvalue weighted by Gasteiger charge is -2.20. The first kappa shape index (κ1) is 14.3. The molecule has 1 N–H and O–H groups in total. The van der Waals surface area contributed by atoms with Crippen LogP contribution in [0.3, 0.4) is 0 Å². The molecule has 0 aliphatic heterocycles. The van der Waals surface area contributed by atoms with Crippen LogP contribution in [-0.2, 0) is 0 Å². The fourth-order valence-corrected chi connectivity index (χ4v) is 2.17. The SMILES string of the molecule is COc1cccc(F)c1C(C)Nc1cc(F)ccc1C. The van der Waals surface area contributed by atoms with Crippen LogP contribution in [0.5, 0.6) is 5.75 Å². The second kappa shape index (κ2) is 5.90. The summed E-state index contributed by atoms with van der Waals surface area (Å²) in [7, 11) is 1.50. The Hall–Kier alpha value is -2.10. The van der Waals surface area contributed by atoms with Crippen molar-refractivity contribution >= 4 is 5.69 Å². The van der Waals surface area contributed by atoms with Gasteiger partial charge in [-0.2, -0.15) is 0 Å². The molecule has 1 unspecified atom stereocenters. The lowest BCUT2D eigenvalue weighted by Crippen LogP contribution is -2.11. The molecule has 0 fully saturated rings. The van der Waals surface area contributed by atoms with Gasteiger partial charge in [-0.15, -0.1) is 0 Å². The van der Waals surface area contributed by atoms with Gasteiger partial charge >= 0.3 is 0 Å². The van der Waals surface area contributed by atoms with E-state index in [1.807, 2.05) is 13.8 Å². The Kier molecular flexibility index (Phi) is 4.23. The van der Waals surface area contributed by atoms with Crippen LogP contribution in [0.1, 0.15) is 24.1 Å². The number of anilines is 1. The third-order valence-corrected chi connectivity index (χ3v) is 3.24. The summed E-state index contributed by atoms with van der Waals surface area (Å²) in [6.07, 6.45) is 0. The number of aryl methyl sites for hydroxylation is 1. The summed E-state index contributed by atoms with van der Waals surface area (Å²) in [5.41, 5.74) is 1.97. The molecule has 106 valence electrons. The van der Waals surface area contributed by atoms with Gasteiger partial charge in [0.25, 0.3) is 0 Å². The second-order valence-corrected chi connectivity index (χ2v) is 4.68. The summed E-state index contributed by atoms with van der Waals surface area (Å²) in [5, 5.41) is 3.12. The normalized spacial score (nSPS) is 12.1. The topological polar surface area (TPSA) is 21.3 Å². The fourth-order valence-electron chi connectivity index (χ4n) is 2.17. The van der Waals surface area contributed by atoms with E-state index in [0.717, 1.165) is 5.56 Å². The van der Waals surface area contributed by atoms with Crippen LogP contribution in [0.15, 0.2) is 36.4 Å². The summed E-state index contributed by atoms with van der Waals surface area (Å²) in [6.45, 7) is 3.68. The van der Waals surface area contributed by atoms with Crippen molar-refractivity contribution in [3.8, 4) is 5.75 Å². The Labute approximate surface area is 117 Å². The first-order chi connectivity index (χ1) is 9.52. The minimum Gasteiger partial charge on any atom is -0.496 e. The van der Waals surface area contributed by atoms with Crippen LogP contribution in [-0.4, -0.2) is 7.11 Å². The van der Waals surface area contributed by atoms with Crippen molar-refractivity contribution in [1.29, 1.82) is 0 Å². The zero-order valence-corrected chi connectivity index (χ0v) is 11.7. The Morgan fingerprint density at radius 1 is 1.15 bits per heavy atom. The van der Waals surface area contributed by atoms with Gasteiger partial charge in [0.1, 0.15) is 17.4 Å². The fraction of sp³-hybridized carbons (Fsp3) is 0.250. The molecule has 1 atom stereocenters. The molecular formula is C16H17F2NO. The average molecular weight is 277 g/mol. The molecule has 0 bridgehead atoms. The highest BCUT2D eigenvalue weighted by molar-refractivity contribution is 5.53. The highest BCUT2D eigenvalue weighted by atomic mass is 19.1. The maximum Gasteiger partial charge on any atom is 0.132 e. The van der Waals surface area contributed by atoms with Crippen LogP contribution >= 0.6 is 0 Å². The van der Waals surface area contributed by atoms with Crippen molar-refractivity contribution < 1.29 is 13.5 Å². The summed E-state index contributed by atoms with van der Waals surface area (Å²) < 4.78 is 32.4. The number of halogens is 2. The number of hydrogen-bond acceptors (Lipinski definition) is 2. The lowest BCUT2D eigenvalue weighted by atomic mass is 10.1. The number of methoxy groups -OCH3 is 1. The highest BCUT2D eigenvalue weighted by Gasteiger charge is 2.17. The van der Waals surface area contributed by atoms with E-state index in [2.05, 4.69) is 5.32 Å². The summed E-state index contributed by atoms with van der Waals surface area (Å²) in [4.78, 5) is 0. The van der Waals surface area contributed by atoms with Gasteiger partial charge in [-0.1, -0.05) is 12.1 Å². The molecular weight excluding hydrogens is 260 g/mol. The van der Waals surface area contributed by atoms with E-state index in [0.29, 0.717) is 17.0 Å². The molecule has 0 heterocycles. The number of hydrogen-bond donors (Lipinski definition) is 1. The molecule has 20 heavy (non-hydrogen) atoms. The maximum absolute atomic E-state index is 14.0. The molecule has 0 saturated carbocycles. The van der Waals surface area contributed by atoms with Gasteiger partial charge in [0.15, 0.2) is 0 Å². The highest BCUT2D eigenvalue weighted by Crippen LogP contribution is 2.31. The van der Waals surface area contributed by atoms with Crippen LogP contribution < -0.4 is 10.1 Å². The Morgan fingerprint density at radius 3 is 2.60 bits per heavy atom. The molecule has 0 aromatic heterocycles. The van der Waals surface area contributed by atoms with Gasteiger partial charge in [-0.25, -0.2) is 8.78 Å². The van der Waals surface area contributed by atoms with E-state index in [4.69, 9.17) is 4.74 Å². The second-order valence-electron chi connectivity index (χ2n) is 4.68. The third kappa shape index (κ3) is 2.90. The molecule has 0 radical (unpaired) electrons. The van der Waals surface area contributed by atoms with E-state index in [1.165, 1.54) is 25.3 Å². The lowest BCUT2D eigenvalue weighted by molar-refractivity contribution is 0.402. The molecule has 0 saturated heterocycles. The number of nitrogens with one attached hydrogen (secondary N) is 1. The Bertz CT molecular complexity index is 613. The van der Waals surface area contributed by atoms with Gasteiger partial charge in [0.2, 0.25) is 0 Å². The van der Waals surface area contributed by atoms with E-state index in [1.54, 1.807) is 18.2 Å². The number of rotatable bonds is 4. The molecule has 2 aromatic rings. The van der Waals surface area contributed by atoms with Crippen molar-refractivity contribution in [1.82, 2.24) is 0 Å². The first-order valence-electron chi connectivity index (χ1n) is 6.38. The van der Waals surface area contributed by atoms with Crippen molar-refractivity contribution in [2.24, 2.45) is 0 Å². The minimum atomic E-state index is -0.349. The van der Waals surface area contributed by atoms with Gasteiger partial charge in [-0.3, -0.25) is 0 Å². The molecule has 0 spiro atoms. The zero-order chi connectivity index (χ0) is 14.7. The Morgan fingerprint density at radius 2 is 1.90 bits per heavy atom. The van der Waals surface area contributed by atoms with Crippen molar-refractivity contribution in [3.05, 3.63) is 59.2 Å². The molecule has 0 amide bonds. The minimum absolute atomic E-state index is 0.328. The monoisotopic (exact) mass is 277 g/mol. The first-order valence-corrected chi connectivity index (χ1v) is 6.38. The molecule has 4 heteroatoms. The molecule has 0 aliphatic carbocycles. The van der Waals surface area contributed by atoms with Gasteiger partial charge in [0, 0.05) is 5.69 Å². The summed E-state index contributed by atoms with van der Waals surface area (Å²) in [5.74, 6) is -0.205. The molecule has 2 aromatic carbocycles. The van der Waals surface area contributed by atoms with Crippen molar-refractivity contribution in [2.45, 2.75) is 19.9 Å². The predicted octanol–water partition coefficient (Wildman–Crippen LogP) is 4.45. The maximum atomic E-state index is 14.0. The Balaban J connectivity index is 2.33. The van der Waals surface area contributed by atoms with Gasteiger partial charge in [-0.05, 0) is 43.7 Å². The predicted molar refractivity (Wildman–Crippen MR) is 76.1 cm³/mol. The van der Waals surface area contributed by atoms with E-state index < -0.39 is 0 Å². The van der Waals surface area contributed by atoms with Crippen molar-refractivity contribution in [3.63, 3.8) is 0 Å². The van der Waals surface area contributed by atoms with Crippen LogP contribution in [0, 0.1) is 18.6 Å². The van der Waals surface area contributed by atoms with E-state index in [-0.39, 0.29) is 17.7 Å². The third-order valence-electron chi connectivity index (χ3n) is 3.24. The van der Waals surface area contributed by atoms with Gasteiger partial charge in [0.05, 0.1) is 18.7 Å². The van der Waals surface area contributed by atoms with Gasteiger partial charge < -0.3 is 10.1 Å². The number of ether oxygens (including phenoxy) is 1. The number of benzene rings is 2. The van der Waals surface area contributed by atoms with Crippen LogP contribution in [0.25, 0.3) is 0 Å². The van der Waals surface area contributed by atoms with Crippen LogP contribution in [0.2, 0.25) is 0 Å². The molecule has 2 rings (SSSR count). The van der Waals surface area contributed by atoms with Crippen LogP contribution in [0.4, 0.5) is 14.5 Å². The summed E-state index contributed by atoms with van der Waals surface area (Å²) >= 11 is 0. The zero-order valence-electron chi connectivity index (χ0n) is 11.7. The standard InChI is InChI=1S/C16H17F2NO/c1-10-7-8-12(17)9-14(10)19-11(2)16-13(18)5-4-6-15(16)20-3/h4-9,11,19H,1-3H3. The summed E-state index contributed by atoms with van der Waals surface area (Å²) in [6, 6.07) is 8.82. The average Bonchev–Trinajstić information content (AvgIpc) is 2.42. The van der Waals surface area contributed by atoms with Crippen molar-refractivity contribution in [2.75, 3.05) is 12.4 Å². The van der Waals surface area contributed by atoms with E-state index >= 15 is 0 Å².